The van der Waals surface area contributed by atoms with Crippen molar-refractivity contribution in [2.75, 3.05) is 26.2 Å². The molecule has 2 aromatic rings. The monoisotopic (exact) mass is 370 g/mol. The van der Waals surface area contributed by atoms with Crippen molar-refractivity contribution in [3.63, 3.8) is 0 Å². The highest BCUT2D eigenvalue weighted by molar-refractivity contribution is 5.97. The van der Waals surface area contributed by atoms with Crippen LogP contribution in [-0.4, -0.2) is 64.7 Å². The molecule has 0 aliphatic carbocycles. The van der Waals surface area contributed by atoms with E-state index < -0.39 is 6.04 Å². The molecule has 2 fully saturated rings. The molecule has 0 saturated carbocycles. The van der Waals surface area contributed by atoms with E-state index in [4.69, 9.17) is 4.42 Å². The van der Waals surface area contributed by atoms with Crippen LogP contribution in [0.1, 0.15) is 35.5 Å². The first kappa shape index (κ1) is 17.5. The molecule has 1 unspecified atom stereocenters. The molecular formula is C19H22N4O4. The van der Waals surface area contributed by atoms with Gasteiger partial charge in [-0.25, -0.2) is 4.98 Å². The molecule has 0 bridgehead atoms. The second-order valence-corrected chi connectivity index (χ2v) is 7.05. The number of hydrogen-bond acceptors (Lipinski definition) is 5. The number of amides is 3. The zero-order valence-corrected chi connectivity index (χ0v) is 15.2. The minimum atomic E-state index is -0.419. The Morgan fingerprint density at radius 1 is 1.19 bits per heavy atom. The minimum absolute atomic E-state index is 0.0466. The van der Waals surface area contributed by atoms with Crippen molar-refractivity contribution in [1.29, 1.82) is 0 Å². The van der Waals surface area contributed by atoms with Crippen molar-refractivity contribution in [2.24, 2.45) is 0 Å². The number of nitrogens with one attached hydrogen (secondary N) is 1. The van der Waals surface area contributed by atoms with Gasteiger partial charge in [0.15, 0.2) is 11.5 Å². The van der Waals surface area contributed by atoms with E-state index >= 15 is 0 Å². The molecule has 4 rings (SSSR count). The SMILES string of the molecule is Cc1nc2cc(C(=O)N3CCCN(C(=O)C4CCC(=O)N4)CC3)ccc2o1. The van der Waals surface area contributed by atoms with Gasteiger partial charge in [-0.1, -0.05) is 0 Å². The Morgan fingerprint density at radius 2 is 1.96 bits per heavy atom. The van der Waals surface area contributed by atoms with E-state index in [9.17, 15) is 14.4 Å². The molecule has 1 N–H and O–H groups in total. The van der Waals surface area contributed by atoms with Crippen LogP contribution in [0.5, 0.6) is 0 Å². The Hall–Kier alpha value is -2.90. The number of nitrogens with zero attached hydrogens (tertiary/aromatic N) is 3. The molecule has 8 heteroatoms. The predicted octanol–water partition coefficient (Wildman–Crippen LogP) is 1.09. The van der Waals surface area contributed by atoms with Gasteiger partial charge in [-0.2, -0.15) is 0 Å². The molecule has 8 nitrogen and oxygen atoms in total. The number of carbonyl (C=O) groups is 3. The van der Waals surface area contributed by atoms with E-state index in [2.05, 4.69) is 10.3 Å². The molecule has 2 aliphatic heterocycles. The lowest BCUT2D eigenvalue weighted by Crippen LogP contribution is -2.46. The van der Waals surface area contributed by atoms with E-state index in [1.54, 1.807) is 34.9 Å². The smallest absolute Gasteiger partial charge is 0.253 e. The fourth-order valence-electron chi connectivity index (χ4n) is 3.72. The Labute approximate surface area is 156 Å². The van der Waals surface area contributed by atoms with Crippen LogP contribution in [-0.2, 0) is 9.59 Å². The first-order valence-electron chi connectivity index (χ1n) is 9.26. The fourth-order valence-corrected chi connectivity index (χ4v) is 3.72. The lowest BCUT2D eigenvalue weighted by molar-refractivity contribution is -0.134. The van der Waals surface area contributed by atoms with Gasteiger partial charge in [0.05, 0.1) is 0 Å². The van der Waals surface area contributed by atoms with Crippen molar-refractivity contribution in [3.05, 3.63) is 29.7 Å². The van der Waals surface area contributed by atoms with Gasteiger partial charge in [0.25, 0.3) is 5.91 Å². The molecule has 3 heterocycles. The van der Waals surface area contributed by atoms with E-state index in [0.717, 1.165) is 0 Å². The molecule has 0 radical (unpaired) electrons. The lowest BCUT2D eigenvalue weighted by atomic mass is 10.1. The molecule has 2 saturated heterocycles. The molecule has 142 valence electrons. The van der Waals surface area contributed by atoms with Gasteiger partial charge >= 0.3 is 0 Å². The van der Waals surface area contributed by atoms with Gasteiger partial charge in [-0.05, 0) is 31.0 Å². The zero-order chi connectivity index (χ0) is 19.0. The topological polar surface area (TPSA) is 95.8 Å². The summed E-state index contributed by atoms with van der Waals surface area (Å²) < 4.78 is 5.45. The number of aryl methyl sites for hydroxylation is 1. The first-order valence-corrected chi connectivity index (χ1v) is 9.26. The van der Waals surface area contributed by atoms with Crippen molar-refractivity contribution >= 4 is 28.8 Å². The summed E-state index contributed by atoms with van der Waals surface area (Å²) >= 11 is 0. The molecule has 1 atom stereocenters. The zero-order valence-electron chi connectivity index (χ0n) is 15.2. The Balaban J connectivity index is 1.43. The third kappa shape index (κ3) is 3.51. The highest BCUT2D eigenvalue weighted by atomic mass is 16.3. The number of fused-ring (bicyclic) bond motifs is 1. The van der Waals surface area contributed by atoms with Gasteiger partial charge in [0.1, 0.15) is 11.6 Å². The maximum Gasteiger partial charge on any atom is 0.253 e. The van der Waals surface area contributed by atoms with E-state index in [0.29, 0.717) is 68.0 Å². The number of hydrogen-bond donors (Lipinski definition) is 1. The number of rotatable bonds is 2. The summed E-state index contributed by atoms with van der Waals surface area (Å²) in [5.41, 5.74) is 1.90. The van der Waals surface area contributed by atoms with E-state index in [1.807, 2.05) is 0 Å². The maximum absolute atomic E-state index is 12.9. The van der Waals surface area contributed by atoms with Gasteiger partial charge in [0.2, 0.25) is 11.8 Å². The fraction of sp³-hybridized carbons (Fsp3) is 0.474. The number of aromatic nitrogens is 1. The molecule has 2 aliphatic rings. The van der Waals surface area contributed by atoms with Crippen LogP contribution < -0.4 is 5.32 Å². The van der Waals surface area contributed by atoms with E-state index in [1.165, 1.54) is 0 Å². The summed E-state index contributed by atoms with van der Waals surface area (Å²) in [4.78, 5) is 44.6. The lowest BCUT2D eigenvalue weighted by Gasteiger charge is -2.24. The summed E-state index contributed by atoms with van der Waals surface area (Å²) in [5.74, 6) is 0.381. The molecule has 0 spiro atoms. The summed E-state index contributed by atoms with van der Waals surface area (Å²) in [7, 11) is 0. The van der Waals surface area contributed by atoms with Crippen LogP contribution >= 0.6 is 0 Å². The largest absolute Gasteiger partial charge is 0.441 e. The molecule has 3 amide bonds. The van der Waals surface area contributed by atoms with Crippen molar-refractivity contribution < 1.29 is 18.8 Å². The average molecular weight is 370 g/mol. The minimum Gasteiger partial charge on any atom is -0.441 e. The van der Waals surface area contributed by atoms with Crippen molar-refractivity contribution in [2.45, 2.75) is 32.2 Å². The molecule has 27 heavy (non-hydrogen) atoms. The average Bonchev–Trinajstić information content (AvgIpc) is 3.16. The standard InChI is InChI=1S/C19H22N4O4/c1-12-20-15-11-13(3-5-16(15)27-12)18(25)22-7-2-8-23(10-9-22)19(26)14-4-6-17(24)21-14/h3,5,11,14H,2,4,6-10H2,1H3,(H,21,24). The molecule has 1 aromatic carbocycles. The normalized spacial score (nSPS) is 20.6. The highest BCUT2D eigenvalue weighted by Gasteiger charge is 2.32. The summed E-state index contributed by atoms with van der Waals surface area (Å²) in [5, 5.41) is 2.72. The Bertz CT molecular complexity index is 906. The number of oxazole rings is 1. The van der Waals surface area contributed by atoms with Crippen LogP contribution in [0, 0.1) is 6.92 Å². The van der Waals surface area contributed by atoms with Gasteiger partial charge in [-0.3, -0.25) is 14.4 Å². The quantitative estimate of drug-likeness (QED) is 0.854. The van der Waals surface area contributed by atoms with E-state index in [-0.39, 0.29) is 17.7 Å². The number of benzene rings is 1. The summed E-state index contributed by atoms with van der Waals surface area (Å²) in [6, 6.07) is 4.84. The van der Waals surface area contributed by atoms with Gasteiger partial charge < -0.3 is 19.5 Å². The van der Waals surface area contributed by atoms with Gasteiger partial charge in [0, 0.05) is 45.1 Å². The maximum atomic E-state index is 12.9. The summed E-state index contributed by atoms with van der Waals surface area (Å²) in [6.07, 6.45) is 1.66. The third-order valence-corrected chi connectivity index (χ3v) is 5.13. The number of carbonyl (C=O) groups excluding carboxylic acids is 3. The summed E-state index contributed by atoms with van der Waals surface area (Å²) in [6.45, 7) is 3.91. The highest BCUT2D eigenvalue weighted by Crippen LogP contribution is 2.19. The van der Waals surface area contributed by atoms with Crippen LogP contribution in [0.3, 0.4) is 0 Å². The second-order valence-electron chi connectivity index (χ2n) is 7.05. The van der Waals surface area contributed by atoms with Crippen LogP contribution in [0.4, 0.5) is 0 Å². The Morgan fingerprint density at radius 3 is 2.74 bits per heavy atom. The van der Waals surface area contributed by atoms with Gasteiger partial charge in [-0.15, -0.1) is 0 Å². The predicted molar refractivity (Wildman–Crippen MR) is 97.0 cm³/mol. The van der Waals surface area contributed by atoms with Crippen LogP contribution in [0.2, 0.25) is 0 Å². The molecular weight excluding hydrogens is 348 g/mol. The van der Waals surface area contributed by atoms with Crippen LogP contribution in [0.25, 0.3) is 11.1 Å². The molecule has 1 aromatic heterocycles. The third-order valence-electron chi connectivity index (χ3n) is 5.13. The Kier molecular flexibility index (Phi) is 4.55. The first-order chi connectivity index (χ1) is 13.0. The van der Waals surface area contributed by atoms with Crippen molar-refractivity contribution in [1.82, 2.24) is 20.1 Å². The van der Waals surface area contributed by atoms with Crippen molar-refractivity contribution in [3.8, 4) is 0 Å². The second kappa shape index (κ2) is 7.02. The van der Waals surface area contributed by atoms with Crippen LogP contribution in [0.15, 0.2) is 22.6 Å².